The Morgan fingerprint density at radius 3 is 2.63 bits per heavy atom. The minimum Gasteiger partial charge on any atom is -0.300 e. The summed E-state index contributed by atoms with van der Waals surface area (Å²) < 4.78 is 0. The highest BCUT2D eigenvalue weighted by molar-refractivity contribution is 5.13. The van der Waals surface area contributed by atoms with Gasteiger partial charge >= 0.3 is 0 Å². The molecule has 0 aliphatic heterocycles. The van der Waals surface area contributed by atoms with Gasteiger partial charge in [-0.25, -0.2) is 0 Å². The number of nitrogens with zero attached hydrogens (tertiary/aromatic N) is 2. The predicted octanol–water partition coefficient (Wildman–Crippen LogP) is 2.92. The SMILES string of the molecule is CCCNC1(C#N)CCC(N(CC)CC2CCC2)C1. The fourth-order valence-electron chi connectivity index (χ4n) is 3.54. The molecular weight excluding hydrogens is 234 g/mol. The van der Waals surface area contributed by atoms with E-state index in [1.54, 1.807) is 0 Å². The maximum absolute atomic E-state index is 9.52. The summed E-state index contributed by atoms with van der Waals surface area (Å²) in [5, 5.41) is 13.0. The molecule has 0 heterocycles. The van der Waals surface area contributed by atoms with Crippen molar-refractivity contribution in [2.75, 3.05) is 19.6 Å². The van der Waals surface area contributed by atoms with Crippen molar-refractivity contribution >= 4 is 0 Å². The van der Waals surface area contributed by atoms with Crippen molar-refractivity contribution in [2.24, 2.45) is 5.92 Å². The smallest absolute Gasteiger partial charge is 0.108 e. The van der Waals surface area contributed by atoms with Crippen molar-refractivity contribution < 1.29 is 0 Å². The molecule has 3 nitrogen and oxygen atoms in total. The van der Waals surface area contributed by atoms with Crippen molar-refractivity contribution in [3.05, 3.63) is 0 Å². The molecule has 0 aromatic heterocycles. The third-order valence-electron chi connectivity index (χ3n) is 5.06. The van der Waals surface area contributed by atoms with Crippen LogP contribution in [0.15, 0.2) is 0 Å². The summed E-state index contributed by atoms with van der Waals surface area (Å²) in [6.45, 7) is 7.80. The molecule has 0 aromatic carbocycles. The first-order valence-corrected chi connectivity index (χ1v) is 8.13. The molecule has 0 bridgehead atoms. The molecule has 3 heteroatoms. The van der Waals surface area contributed by atoms with Crippen LogP contribution >= 0.6 is 0 Å². The first-order chi connectivity index (χ1) is 9.23. The molecule has 0 aromatic rings. The van der Waals surface area contributed by atoms with Gasteiger partial charge in [-0.3, -0.25) is 5.32 Å². The Morgan fingerprint density at radius 2 is 2.11 bits per heavy atom. The summed E-state index contributed by atoms with van der Waals surface area (Å²) in [6.07, 6.45) is 8.59. The molecule has 108 valence electrons. The molecule has 1 N–H and O–H groups in total. The van der Waals surface area contributed by atoms with E-state index in [1.165, 1.54) is 32.2 Å². The molecule has 19 heavy (non-hydrogen) atoms. The zero-order valence-electron chi connectivity index (χ0n) is 12.6. The van der Waals surface area contributed by atoms with Crippen molar-refractivity contribution in [1.82, 2.24) is 10.2 Å². The quantitative estimate of drug-likeness (QED) is 0.767. The predicted molar refractivity (Wildman–Crippen MR) is 78.9 cm³/mol. The third kappa shape index (κ3) is 3.49. The van der Waals surface area contributed by atoms with E-state index in [4.69, 9.17) is 0 Å². The van der Waals surface area contributed by atoms with E-state index >= 15 is 0 Å². The summed E-state index contributed by atoms with van der Waals surface area (Å²) in [4.78, 5) is 2.64. The lowest BCUT2D eigenvalue weighted by atomic mass is 9.84. The summed E-state index contributed by atoms with van der Waals surface area (Å²) >= 11 is 0. The van der Waals surface area contributed by atoms with Crippen LogP contribution in [0.3, 0.4) is 0 Å². The highest BCUT2D eigenvalue weighted by Crippen LogP contribution is 2.35. The Morgan fingerprint density at radius 1 is 1.32 bits per heavy atom. The van der Waals surface area contributed by atoms with Crippen LogP contribution in [0.2, 0.25) is 0 Å². The van der Waals surface area contributed by atoms with Gasteiger partial charge in [0.05, 0.1) is 6.07 Å². The van der Waals surface area contributed by atoms with Gasteiger partial charge in [0.15, 0.2) is 0 Å². The van der Waals surface area contributed by atoms with Crippen LogP contribution in [0.1, 0.15) is 58.8 Å². The van der Waals surface area contributed by atoms with Crippen LogP contribution < -0.4 is 5.32 Å². The second-order valence-corrected chi connectivity index (χ2v) is 6.40. The van der Waals surface area contributed by atoms with Gasteiger partial charge in [-0.2, -0.15) is 5.26 Å². The van der Waals surface area contributed by atoms with E-state index in [0.29, 0.717) is 6.04 Å². The molecule has 0 saturated heterocycles. The maximum atomic E-state index is 9.52. The molecule has 2 aliphatic rings. The second kappa shape index (κ2) is 6.72. The van der Waals surface area contributed by atoms with Gasteiger partial charge in [-0.05, 0) is 57.5 Å². The molecule has 2 rings (SSSR count). The fourth-order valence-corrected chi connectivity index (χ4v) is 3.54. The van der Waals surface area contributed by atoms with Gasteiger partial charge < -0.3 is 4.90 Å². The molecule has 2 saturated carbocycles. The van der Waals surface area contributed by atoms with Crippen molar-refractivity contribution in [3.63, 3.8) is 0 Å². The van der Waals surface area contributed by atoms with Gasteiger partial charge in [0, 0.05) is 12.6 Å². The first-order valence-electron chi connectivity index (χ1n) is 8.13. The molecule has 2 fully saturated rings. The lowest BCUT2D eigenvalue weighted by molar-refractivity contribution is 0.136. The van der Waals surface area contributed by atoms with Crippen LogP contribution in [-0.4, -0.2) is 36.1 Å². The second-order valence-electron chi connectivity index (χ2n) is 6.40. The molecule has 0 radical (unpaired) electrons. The summed E-state index contributed by atoms with van der Waals surface area (Å²) in [5.74, 6) is 0.931. The van der Waals surface area contributed by atoms with E-state index < -0.39 is 0 Å². The average Bonchev–Trinajstić information content (AvgIpc) is 2.80. The first kappa shape index (κ1) is 14.8. The molecular formula is C16H29N3. The van der Waals surface area contributed by atoms with Gasteiger partial charge in [0.25, 0.3) is 0 Å². The van der Waals surface area contributed by atoms with Crippen molar-refractivity contribution in [2.45, 2.75) is 70.4 Å². The average molecular weight is 263 g/mol. The molecule has 2 unspecified atom stereocenters. The number of nitriles is 1. The standard InChI is InChI=1S/C16H29N3/c1-3-10-18-16(13-17)9-8-15(11-16)19(4-2)12-14-6-5-7-14/h14-15,18H,3-12H2,1-2H3. The molecule has 2 atom stereocenters. The largest absolute Gasteiger partial charge is 0.300 e. The Bertz CT molecular complexity index is 318. The van der Waals surface area contributed by atoms with Gasteiger partial charge in [0.1, 0.15) is 5.54 Å². The molecule has 0 spiro atoms. The minimum atomic E-state index is -0.242. The van der Waals surface area contributed by atoms with Crippen LogP contribution in [0, 0.1) is 17.2 Å². The van der Waals surface area contributed by atoms with Crippen LogP contribution in [0.25, 0.3) is 0 Å². The van der Waals surface area contributed by atoms with Crippen LogP contribution in [0.5, 0.6) is 0 Å². The lowest BCUT2D eigenvalue weighted by Crippen LogP contribution is -2.45. The Hall–Kier alpha value is -0.590. The van der Waals surface area contributed by atoms with E-state index in [-0.39, 0.29) is 5.54 Å². The highest BCUT2D eigenvalue weighted by Gasteiger charge is 2.41. The van der Waals surface area contributed by atoms with E-state index in [1.807, 2.05) is 0 Å². The maximum Gasteiger partial charge on any atom is 0.108 e. The van der Waals surface area contributed by atoms with Crippen molar-refractivity contribution in [1.29, 1.82) is 5.26 Å². The third-order valence-corrected chi connectivity index (χ3v) is 5.06. The minimum absolute atomic E-state index is 0.242. The Labute approximate surface area is 118 Å². The van der Waals surface area contributed by atoms with Crippen molar-refractivity contribution in [3.8, 4) is 6.07 Å². The Kier molecular flexibility index (Phi) is 5.24. The van der Waals surface area contributed by atoms with E-state index in [2.05, 4.69) is 30.1 Å². The zero-order chi connectivity index (χ0) is 13.7. The zero-order valence-corrected chi connectivity index (χ0v) is 12.6. The molecule has 2 aliphatic carbocycles. The number of hydrogen-bond acceptors (Lipinski definition) is 3. The fraction of sp³-hybridized carbons (Fsp3) is 0.938. The van der Waals surface area contributed by atoms with Crippen LogP contribution in [0.4, 0.5) is 0 Å². The lowest BCUT2D eigenvalue weighted by Gasteiger charge is -2.35. The Balaban J connectivity index is 1.88. The summed E-state index contributed by atoms with van der Waals surface area (Å²) in [6, 6.07) is 3.18. The van der Waals surface area contributed by atoms with E-state index in [0.717, 1.165) is 38.3 Å². The van der Waals surface area contributed by atoms with E-state index in [9.17, 15) is 5.26 Å². The summed E-state index contributed by atoms with van der Waals surface area (Å²) in [7, 11) is 0. The number of nitrogens with one attached hydrogen (secondary N) is 1. The van der Waals surface area contributed by atoms with Gasteiger partial charge in [-0.1, -0.05) is 20.3 Å². The topological polar surface area (TPSA) is 39.1 Å². The van der Waals surface area contributed by atoms with Crippen LogP contribution in [-0.2, 0) is 0 Å². The summed E-state index contributed by atoms with van der Waals surface area (Å²) in [5.41, 5.74) is -0.242. The highest BCUT2D eigenvalue weighted by atomic mass is 15.2. The number of rotatable bonds is 7. The number of hydrogen-bond donors (Lipinski definition) is 1. The van der Waals surface area contributed by atoms with Gasteiger partial charge in [-0.15, -0.1) is 0 Å². The normalized spacial score (nSPS) is 31.4. The monoisotopic (exact) mass is 263 g/mol. The molecule has 0 amide bonds. The van der Waals surface area contributed by atoms with Gasteiger partial charge in [0.2, 0.25) is 0 Å².